The van der Waals surface area contributed by atoms with Crippen LogP contribution in [0.15, 0.2) is 23.1 Å². The van der Waals surface area contributed by atoms with E-state index in [9.17, 15) is 17.9 Å². The van der Waals surface area contributed by atoms with Crippen LogP contribution in [0, 0.1) is 23.1 Å². The molecule has 0 fully saturated rings. The molecule has 1 aromatic rings. The fraction of sp³-hybridized carbons (Fsp3) is 0.533. The molecule has 0 spiro atoms. The van der Waals surface area contributed by atoms with Gasteiger partial charge in [0.15, 0.2) is 0 Å². The zero-order valence-electron chi connectivity index (χ0n) is 12.9. The number of hydrogen-bond acceptors (Lipinski definition) is 4. The van der Waals surface area contributed by atoms with Gasteiger partial charge in [-0.2, -0.15) is 5.26 Å². The third-order valence-corrected chi connectivity index (χ3v) is 4.69. The summed E-state index contributed by atoms with van der Waals surface area (Å²) in [5.41, 5.74) is -1.17. The van der Waals surface area contributed by atoms with Crippen molar-refractivity contribution in [1.82, 2.24) is 4.72 Å². The van der Waals surface area contributed by atoms with Gasteiger partial charge in [-0.25, -0.2) is 17.5 Å². The van der Waals surface area contributed by atoms with Gasteiger partial charge >= 0.3 is 0 Å². The Balaban J connectivity index is 2.82. The minimum atomic E-state index is -4.08. The first-order chi connectivity index (χ1) is 10.1. The lowest BCUT2D eigenvalue weighted by Gasteiger charge is -2.24. The summed E-state index contributed by atoms with van der Waals surface area (Å²) in [5, 5.41) is 18.8. The highest BCUT2D eigenvalue weighted by atomic mass is 32.2. The Bertz CT molecular complexity index is 664. The molecule has 22 heavy (non-hydrogen) atoms. The first kappa shape index (κ1) is 18.6. The van der Waals surface area contributed by atoms with Gasteiger partial charge in [0, 0.05) is 6.54 Å². The zero-order chi connectivity index (χ0) is 17.0. The second-order valence-electron chi connectivity index (χ2n) is 6.01. The number of nitrogens with one attached hydrogen (secondary N) is 1. The van der Waals surface area contributed by atoms with E-state index in [0.717, 1.165) is 18.6 Å². The van der Waals surface area contributed by atoms with Crippen LogP contribution in [0.2, 0.25) is 0 Å². The molecule has 0 saturated heterocycles. The van der Waals surface area contributed by atoms with Crippen molar-refractivity contribution in [2.24, 2.45) is 5.92 Å². The van der Waals surface area contributed by atoms with Gasteiger partial charge in [-0.15, -0.1) is 0 Å². The summed E-state index contributed by atoms with van der Waals surface area (Å²) in [6.45, 7) is 5.34. The average molecular weight is 328 g/mol. The fourth-order valence-electron chi connectivity index (χ4n) is 1.80. The normalized spacial score (nSPS) is 14.6. The maximum atomic E-state index is 13.8. The van der Waals surface area contributed by atoms with Crippen molar-refractivity contribution in [2.75, 3.05) is 6.54 Å². The van der Waals surface area contributed by atoms with Gasteiger partial charge in [-0.1, -0.05) is 13.8 Å². The van der Waals surface area contributed by atoms with Crippen LogP contribution < -0.4 is 4.72 Å². The zero-order valence-corrected chi connectivity index (χ0v) is 13.7. The van der Waals surface area contributed by atoms with Crippen LogP contribution in [-0.4, -0.2) is 25.7 Å². The second-order valence-corrected chi connectivity index (χ2v) is 7.75. The minimum absolute atomic E-state index is 0.0420. The Morgan fingerprint density at radius 3 is 2.59 bits per heavy atom. The lowest BCUT2D eigenvalue weighted by atomic mass is 9.96. The molecule has 5 nitrogen and oxygen atoms in total. The summed E-state index contributed by atoms with van der Waals surface area (Å²) >= 11 is 0. The van der Waals surface area contributed by atoms with E-state index >= 15 is 0 Å². The summed E-state index contributed by atoms with van der Waals surface area (Å²) in [4.78, 5) is -0.536. The molecule has 0 aliphatic rings. The molecular weight excluding hydrogens is 307 g/mol. The number of halogens is 1. The smallest absolute Gasteiger partial charge is 0.243 e. The van der Waals surface area contributed by atoms with Crippen molar-refractivity contribution in [3.05, 3.63) is 29.6 Å². The standard InChI is InChI=1S/C15H21FN2O3S/c1-11(2)6-7-15(3,19)10-18-22(20,21)14-5-4-12(9-17)8-13(14)16/h4-5,8,11,18-19H,6-7,10H2,1-3H3. The van der Waals surface area contributed by atoms with Crippen LogP contribution in [0.1, 0.15) is 39.2 Å². The quantitative estimate of drug-likeness (QED) is 0.802. The first-order valence-electron chi connectivity index (χ1n) is 6.99. The van der Waals surface area contributed by atoms with E-state index in [4.69, 9.17) is 5.26 Å². The highest BCUT2D eigenvalue weighted by Gasteiger charge is 2.26. The maximum Gasteiger partial charge on any atom is 0.243 e. The summed E-state index contributed by atoms with van der Waals surface area (Å²) in [6, 6.07) is 4.87. The number of nitrogens with zero attached hydrogens (tertiary/aromatic N) is 1. The number of nitriles is 1. The van der Waals surface area contributed by atoms with Gasteiger partial charge in [0.2, 0.25) is 10.0 Å². The van der Waals surface area contributed by atoms with Crippen molar-refractivity contribution in [3.8, 4) is 6.07 Å². The number of rotatable bonds is 7. The Hall–Kier alpha value is -1.49. The lowest BCUT2D eigenvalue weighted by molar-refractivity contribution is 0.0506. The molecular formula is C15H21FN2O3S. The second kappa shape index (κ2) is 7.18. The molecule has 0 aliphatic heterocycles. The molecule has 1 rings (SSSR count). The van der Waals surface area contributed by atoms with Crippen LogP contribution in [0.4, 0.5) is 4.39 Å². The Morgan fingerprint density at radius 2 is 2.09 bits per heavy atom. The predicted molar refractivity (Wildman–Crippen MR) is 81.0 cm³/mol. The molecule has 0 amide bonds. The molecule has 0 aromatic heterocycles. The van der Waals surface area contributed by atoms with Crippen molar-refractivity contribution >= 4 is 10.0 Å². The Morgan fingerprint density at radius 1 is 1.45 bits per heavy atom. The third kappa shape index (κ3) is 5.37. The largest absolute Gasteiger partial charge is 0.389 e. The summed E-state index contributed by atoms with van der Waals surface area (Å²) < 4.78 is 40.2. The van der Waals surface area contributed by atoms with Crippen molar-refractivity contribution in [2.45, 2.75) is 44.1 Å². The van der Waals surface area contributed by atoms with Gasteiger partial charge in [0.1, 0.15) is 10.7 Å². The SMILES string of the molecule is CC(C)CCC(C)(O)CNS(=O)(=O)c1ccc(C#N)cc1F. The summed E-state index contributed by atoms with van der Waals surface area (Å²) in [7, 11) is -4.08. The average Bonchev–Trinajstić information content (AvgIpc) is 2.43. The summed E-state index contributed by atoms with van der Waals surface area (Å²) in [6.07, 6.45) is 1.18. The molecule has 0 bridgehead atoms. The van der Waals surface area contributed by atoms with E-state index in [-0.39, 0.29) is 12.1 Å². The van der Waals surface area contributed by atoms with Crippen molar-refractivity contribution in [3.63, 3.8) is 0 Å². The molecule has 2 N–H and O–H groups in total. The van der Waals surface area contributed by atoms with E-state index < -0.39 is 26.3 Å². The van der Waals surface area contributed by atoms with Gasteiger partial charge < -0.3 is 5.11 Å². The van der Waals surface area contributed by atoms with E-state index in [2.05, 4.69) is 4.72 Å². The number of sulfonamides is 1. The monoisotopic (exact) mass is 328 g/mol. The first-order valence-corrected chi connectivity index (χ1v) is 8.47. The number of hydrogen-bond donors (Lipinski definition) is 2. The van der Waals surface area contributed by atoms with E-state index in [1.807, 2.05) is 13.8 Å². The third-order valence-electron chi connectivity index (χ3n) is 3.25. The van der Waals surface area contributed by atoms with Gasteiger partial charge in [0.05, 0.1) is 17.2 Å². The molecule has 7 heteroatoms. The molecule has 1 unspecified atom stereocenters. The lowest BCUT2D eigenvalue weighted by Crippen LogP contribution is -2.41. The highest BCUT2D eigenvalue weighted by molar-refractivity contribution is 7.89. The van der Waals surface area contributed by atoms with Crippen LogP contribution in [-0.2, 0) is 10.0 Å². The van der Waals surface area contributed by atoms with Gasteiger partial charge in [0.25, 0.3) is 0 Å². The fourth-order valence-corrected chi connectivity index (χ4v) is 3.02. The predicted octanol–water partition coefficient (Wildman–Crippen LogP) is 2.16. The van der Waals surface area contributed by atoms with E-state index in [1.165, 1.54) is 13.0 Å². The number of aliphatic hydroxyl groups is 1. The van der Waals surface area contributed by atoms with E-state index in [1.54, 1.807) is 6.07 Å². The van der Waals surface area contributed by atoms with Crippen LogP contribution >= 0.6 is 0 Å². The Kier molecular flexibility index (Phi) is 6.06. The van der Waals surface area contributed by atoms with E-state index in [0.29, 0.717) is 12.3 Å². The van der Waals surface area contributed by atoms with Crippen molar-refractivity contribution < 1.29 is 17.9 Å². The highest BCUT2D eigenvalue weighted by Crippen LogP contribution is 2.19. The topological polar surface area (TPSA) is 90.2 Å². The molecule has 1 aromatic carbocycles. The molecule has 0 radical (unpaired) electrons. The van der Waals surface area contributed by atoms with Crippen LogP contribution in [0.5, 0.6) is 0 Å². The van der Waals surface area contributed by atoms with Crippen molar-refractivity contribution in [1.29, 1.82) is 5.26 Å². The summed E-state index contributed by atoms with van der Waals surface area (Å²) in [5.74, 6) is -0.604. The van der Waals surface area contributed by atoms with Crippen LogP contribution in [0.3, 0.4) is 0 Å². The molecule has 0 heterocycles. The molecule has 122 valence electrons. The van der Waals surface area contributed by atoms with Crippen LogP contribution in [0.25, 0.3) is 0 Å². The van der Waals surface area contributed by atoms with Gasteiger partial charge in [-0.05, 0) is 43.9 Å². The van der Waals surface area contributed by atoms with Gasteiger partial charge in [-0.3, -0.25) is 0 Å². The minimum Gasteiger partial charge on any atom is -0.389 e. The molecule has 0 saturated carbocycles. The maximum absolute atomic E-state index is 13.8. The number of benzene rings is 1. The Labute approximate surface area is 130 Å². The molecule has 1 atom stereocenters. The molecule has 0 aliphatic carbocycles.